The molecular weight excluding hydrogens is 352 g/mol. The van der Waals surface area contributed by atoms with E-state index in [2.05, 4.69) is 41.5 Å². The first-order valence-corrected chi connectivity index (χ1v) is 15.1. The molecule has 1 saturated heterocycles. The van der Waals surface area contributed by atoms with Crippen LogP contribution in [-0.2, 0) is 18.3 Å². The van der Waals surface area contributed by atoms with Gasteiger partial charge in [-0.1, -0.05) is 41.5 Å². The maximum atomic E-state index is 10.8. The molecule has 0 aromatic rings. The molecule has 0 radical (unpaired) electrons. The highest BCUT2D eigenvalue weighted by Gasteiger charge is 2.47. The van der Waals surface area contributed by atoms with Gasteiger partial charge in [0.05, 0.1) is 12.7 Å². The molecule has 0 bridgehead atoms. The number of hydrogen-bond donors (Lipinski definition) is 1. The first kappa shape index (κ1) is 23.3. The average molecular weight is 393 g/mol. The maximum absolute atomic E-state index is 10.8. The zero-order valence-electron chi connectivity index (χ0n) is 17.3. The van der Waals surface area contributed by atoms with Crippen molar-refractivity contribution < 1.29 is 23.4 Å². The average Bonchev–Trinajstić information content (AvgIpc) is 2.66. The number of rotatable bonds is 11. The van der Waals surface area contributed by atoms with Gasteiger partial charge in [-0.25, -0.2) is 0 Å². The number of aliphatic hydroxyl groups is 1. The Morgan fingerprint density at radius 1 is 0.840 bits per heavy atom. The van der Waals surface area contributed by atoms with E-state index >= 15 is 0 Å². The van der Waals surface area contributed by atoms with Crippen molar-refractivity contribution in [3.8, 4) is 0 Å². The standard InChI is InChI=1S/C18H40O5Si2/c1-8-24(9-2,10-3)22-15-14-21-18(20-7)16(19)17(15)23-25(11-4,12-5)13-6/h15-19H,8-14H2,1-7H3/t15-,16+,17-,18+/m0/s1. The summed E-state index contributed by atoms with van der Waals surface area (Å²) in [5.74, 6) is 0. The highest BCUT2D eigenvalue weighted by Crippen LogP contribution is 2.33. The van der Waals surface area contributed by atoms with E-state index in [1.54, 1.807) is 7.11 Å². The Labute approximate surface area is 156 Å². The second-order valence-corrected chi connectivity index (χ2v) is 16.6. The molecule has 150 valence electrons. The molecule has 0 unspecified atom stereocenters. The Morgan fingerprint density at radius 2 is 1.28 bits per heavy atom. The predicted octanol–water partition coefficient (Wildman–Crippen LogP) is 4.13. The molecular formula is C18H40O5Si2. The van der Waals surface area contributed by atoms with E-state index in [-0.39, 0.29) is 12.2 Å². The number of hydrogen-bond acceptors (Lipinski definition) is 5. The quantitative estimate of drug-likeness (QED) is 0.536. The molecule has 0 aliphatic carbocycles. The van der Waals surface area contributed by atoms with E-state index in [0.29, 0.717) is 6.61 Å². The molecule has 0 aromatic heterocycles. The molecule has 1 aliphatic heterocycles. The highest BCUT2D eigenvalue weighted by atomic mass is 28.4. The Kier molecular flexibility index (Phi) is 9.81. The summed E-state index contributed by atoms with van der Waals surface area (Å²) in [5.41, 5.74) is 0. The van der Waals surface area contributed by atoms with Gasteiger partial charge in [-0.2, -0.15) is 0 Å². The molecule has 7 heteroatoms. The lowest BCUT2D eigenvalue weighted by molar-refractivity contribution is -0.256. The number of methoxy groups -OCH3 is 1. The van der Waals surface area contributed by atoms with Gasteiger partial charge in [0.15, 0.2) is 22.9 Å². The molecule has 4 atom stereocenters. The summed E-state index contributed by atoms with van der Waals surface area (Å²) in [6, 6.07) is 6.37. The molecule has 0 aromatic carbocycles. The number of ether oxygens (including phenoxy) is 2. The van der Waals surface area contributed by atoms with Crippen molar-refractivity contribution in [1.82, 2.24) is 0 Å². The minimum atomic E-state index is -1.87. The molecule has 1 heterocycles. The van der Waals surface area contributed by atoms with Crippen molar-refractivity contribution in [3.63, 3.8) is 0 Å². The monoisotopic (exact) mass is 392 g/mol. The van der Waals surface area contributed by atoms with Gasteiger partial charge in [0, 0.05) is 7.11 Å². The van der Waals surface area contributed by atoms with Crippen molar-refractivity contribution in [2.75, 3.05) is 13.7 Å². The normalized spacial score (nSPS) is 28.3. The van der Waals surface area contributed by atoms with E-state index in [9.17, 15) is 5.11 Å². The smallest absolute Gasteiger partial charge is 0.192 e. The summed E-state index contributed by atoms with van der Waals surface area (Å²) in [6.45, 7) is 13.7. The van der Waals surface area contributed by atoms with Gasteiger partial charge in [-0.15, -0.1) is 0 Å². The summed E-state index contributed by atoms with van der Waals surface area (Å²) >= 11 is 0. The molecule has 5 nitrogen and oxygen atoms in total. The van der Waals surface area contributed by atoms with Crippen molar-refractivity contribution in [2.45, 2.75) is 102 Å². The summed E-state index contributed by atoms with van der Waals surface area (Å²) in [7, 11) is -2.11. The molecule has 0 spiro atoms. The summed E-state index contributed by atoms with van der Waals surface area (Å²) in [6.07, 6.45) is -2.01. The fourth-order valence-corrected chi connectivity index (χ4v) is 9.53. The Morgan fingerprint density at radius 3 is 1.68 bits per heavy atom. The van der Waals surface area contributed by atoms with Crippen LogP contribution in [0.2, 0.25) is 36.3 Å². The molecule has 1 aliphatic rings. The van der Waals surface area contributed by atoms with Crippen LogP contribution in [-0.4, -0.2) is 60.1 Å². The topological polar surface area (TPSA) is 57.2 Å². The lowest BCUT2D eigenvalue weighted by atomic mass is 10.1. The van der Waals surface area contributed by atoms with Crippen LogP contribution >= 0.6 is 0 Å². The Bertz CT molecular complexity index is 358. The van der Waals surface area contributed by atoms with Crippen LogP contribution in [0.25, 0.3) is 0 Å². The SMILES string of the molecule is CC[Si](CC)(CC)O[C@@H]1[C@@H](O)[C@H](OC)OC[C@@H]1O[Si](CC)(CC)CC. The molecule has 1 fully saturated rings. The van der Waals surface area contributed by atoms with Gasteiger partial charge in [0.25, 0.3) is 0 Å². The van der Waals surface area contributed by atoms with Crippen LogP contribution in [0.15, 0.2) is 0 Å². The first-order chi connectivity index (χ1) is 11.9. The summed E-state index contributed by atoms with van der Waals surface area (Å²) < 4.78 is 24.4. The molecule has 0 saturated carbocycles. The van der Waals surface area contributed by atoms with Gasteiger partial charge in [0.2, 0.25) is 0 Å². The molecule has 0 amide bonds. The van der Waals surface area contributed by atoms with E-state index in [1.807, 2.05) is 0 Å². The van der Waals surface area contributed by atoms with Crippen LogP contribution in [0.4, 0.5) is 0 Å². The summed E-state index contributed by atoms with van der Waals surface area (Å²) in [5, 5.41) is 10.8. The predicted molar refractivity (Wildman–Crippen MR) is 107 cm³/mol. The Balaban J connectivity index is 3.07. The first-order valence-electron chi connectivity index (χ1n) is 10.1. The van der Waals surface area contributed by atoms with Gasteiger partial charge in [-0.05, 0) is 36.3 Å². The third kappa shape index (κ3) is 5.37. The largest absolute Gasteiger partial charge is 0.409 e. The van der Waals surface area contributed by atoms with Crippen molar-refractivity contribution >= 4 is 16.6 Å². The van der Waals surface area contributed by atoms with Crippen LogP contribution in [0.1, 0.15) is 41.5 Å². The van der Waals surface area contributed by atoms with E-state index in [0.717, 1.165) is 36.3 Å². The van der Waals surface area contributed by atoms with Crippen LogP contribution in [0.3, 0.4) is 0 Å². The fraction of sp³-hybridized carbons (Fsp3) is 1.00. The maximum Gasteiger partial charge on any atom is 0.192 e. The Hall–Kier alpha value is 0.234. The number of aliphatic hydroxyl groups excluding tert-OH is 1. The lowest BCUT2D eigenvalue weighted by Gasteiger charge is -2.46. The minimum absolute atomic E-state index is 0.204. The zero-order valence-corrected chi connectivity index (χ0v) is 19.3. The van der Waals surface area contributed by atoms with E-state index in [4.69, 9.17) is 18.3 Å². The second-order valence-electron chi connectivity index (χ2n) is 7.15. The lowest BCUT2D eigenvalue weighted by Crippen LogP contribution is -2.61. The van der Waals surface area contributed by atoms with E-state index < -0.39 is 29.0 Å². The minimum Gasteiger partial charge on any atom is -0.409 e. The van der Waals surface area contributed by atoms with Gasteiger partial charge >= 0.3 is 0 Å². The molecule has 1 N–H and O–H groups in total. The summed E-state index contributed by atoms with van der Waals surface area (Å²) in [4.78, 5) is 0. The van der Waals surface area contributed by atoms with Crippen LogP contribution in [0.5, 0.6) is 0 Å². The van der Waals surface area contributed by atoms with E-state index in [1.165, 1.54) is 0 Å². The fourth-order valence-electron chi connectivity index (χ4n) is 3.82. The van der Waals surface area contributed by atoms with Crippen molar-refractivity contribution in [3.05, 3.63) is 0 Å². The highest BCUT2D eigenvalue weighted by molar-refractivity contribution is 6.74. The van der Waals surface area contributed by atoms with Gasteiger partial charge < -0.3 is 23.4 Å². The van der Waals surface area contributed by atoms with Crippen molar-refractivity contribution in [1.29, 1.82) is 0 Å². The van der Waals surface area contributed by atoms with Gasteiger partial charge in [0.1, 0.15) is 12.2 Å². The van der Waals surface area contributed by atoms with Crippen molar-refractivity contribution in [2.24, 2.45) is 0 Å². The zero-order chi connectivity index (χ0) is 19.1. The van der Waals surface area contributed by atoms with Crippen LogP contribution in [0, 0.1) is 0 Å². The third-order valence-corrected chi connectivity index (χ3v) is 15.6. The molecule has 25 heavy (non-hydrogen) atoms. The molecule has 1 rings (SSSR count). The van der Waals surface area contributed by atoms with Gasteiger partial charge in [-0.3, -0.25) is 0 Å². The second kappa shape index (κ2) is 10.5. The van der Waals surface area contributed by atoms with Crippen LogP contribution < -0.4 is 0 Å². The third-order valence-electron chi connectivity index (χ3n) is 6.29.